The number of amidine groups is 2. The summed E-state index contributed by atoms with van der Waals surface area (Å²) >= 11 is 0. The Morgan fingerprint density at radius 1 is 1.45 bits per heavy atom. The number of imidazole rings is 1. The predicted molar refractivity (Wildman–Crippen MR) is 88.9 cm³/mol. The van der Waals surface area contributed by atoms with Crippen LogP contribution in [-0.2, 0) is 13.6 Å². The molecular formula is C15H24N6O. The monoisotopic (exact) mass is 304 g/mol. The maximum atomic E-state index is 12.3. The first-order valence-corrected chi connectivity index (χ1v) is 7.51. The van der Waals surface area contributed by atoms with E-state index in [4.69, 9.17) is 5.41 Å². The summed E-state index contributed by atoms with van der Waals surface area (Å²) in [7, 11) is 1.74. The van der Waals surface area contributed by atoms with Gasteiger partial charge in [0, 0.05) is 46.0 Å². The van der Waals surface area contributed by atoms with Gasteiger partial charge in [-0.3, -0.25) is 9.98 Å². The first-order chi connectivity index (χ1) is 10.5. The number of hydrogen-bond donors (Lipinski definition) is 2. The van der Waals surface area contributed by atoms with Crippen molar-refractivity contribution in [3.05, 3.63) is 34.5 Å². The Kier molecular flexibility index (Phi) is 5.32. The van der Waals surface area contributed by atoms with Crippen molar-refractivity contribution in [2.24, 2.45) is 12.0 Å². The van der Waals surface area contributed by atoms with E-state index in [1.54, 1.807) is 29.3 Å². The number of rotatable bonds is 3. The number of piperazine rings is 1. The summed E-state index contributed by atoms with van der Waals surface area (Å²) in [5.41, 5.74) is 0.692. The summed E-state index contributed by atoms with van der Waals surface area (Å²) in [5.74, 6) is 0.943. The minimum atomic E-state index is -0.0708. The van der Waals surface area contributed by atoms with Gasteiger partial charge >= 0.3 is 5.69 Å². The molecule has 2 heterocycles. The van der Waals surface area contributed by atoms with Gasteiger partial charge in [-0.25, -0.2) is 9.79 Å². The van der Waals surface area contributed by atoms with E-state index < -0.39 is 0 Å². The van der Waals surface area contributed by atoms with E-state index in [1.165, 1.54) is 0 Å². The topological polar surface area (TPSA) is 78.4 Å². The maximum Gasteiger partial charge on any atom is 0.328 e. The number of hydrogen-bond acceptors (Lipinski definition) is 3. The largest absolute Gasteiger partial charge is 0.352 e. The molecule has 2 rings (SSSR count). The molecule has 120 valence electrons. The van der Waals surface area contributed by atoms with E-state index in [2.05, 4.69) is 15.2 Å². The Morgan fingerprint density at radius 3 is 2.73 bits per heavy atom. The molecule has 0 bridgehead atoms. The molecule has 7 heteroatoms. The molecule has 0 atom stereocenters. The summed E-state index contributed by atoms with van der Waals surface area (Å²) in [6.07, 6.45) is 5.67. The normalized spacial score (nSPS) is 16.5. The van der Waals surface area contributed by atoms with Crippen molar-refractivity contribution in [1.29, 1.82) is 5.41 Å². The van der Waals surface area contributed by atoms with Crippen molar-refractivity contribution in [2.45, 2.75) is 20.4 Å². The molecule has 22 heavy (non-hydrogen) atoms. The molecule has 1 aromatic rings. The van der Waals surface area contributed by atoms with Crippen LogP contribution in [0.1, 0.15) is 19.5 Å². The molecular weight excluding hydrogens is 280 g/mol. The van der Waals surface area contributed by atoms with E-state index in [0.29, 0.717) is 12.4 Å². The molecule has 0 amide bonds. The summed E-state index contributed by atoms with van der Waals surface area (Å²) in [6.45, 7) is 7.48. The van der Waals surface area contributed by atoms with Crippen LogP contribution in [0.4, 0.5) is 0 Å². The van der Waals surface area contributed by atoms with Gasteiger partial charge in [-0.05, 0) is 13.8 Å². The number of allylic oxidation sites excluding steroid dienone is 2. The van der Waals surface area contributed by atoms with E-state index in [9.17, 15) is 4.79 Å². The zero-order valence-electron chi connectivity index (χ0n) is 13.5. The maximum absolute atomic E-state index is 12.3. The number of aliphatic imine (C=N–C) groups is 1. The zero-order chi connectivity index (χ0) is 16.1. The van der Waals surface area contributed by atoms with Crippen molar-refractivity contribution in [2.75, 3.05) is 26.2 Å². The lowest BCUT2D eigenvalue weighted by Gasteiger charge is -2.30. The van der Waals surface area contributed by atoms with Crippen LogP contribution in [0, 0.1) is 5.41 Å². The highest BCUT2D eigenvalue weighted by Gasteiger charge is 2.21. The lowest BCUT2D eigenvalue weighted by atomic mass is 10.3. The fourth-order valence-electron chi connectivity index (χ4n) is 2.49. The smallest absolute Gasteiger partial charge is 0.328 e. The fourth-order valence-corrected chi connectivity index (χ4v) is 2.49. The Bertz CT molecular complexity index is 645. The van der Waals surface area contributed by atoms with Crippen LogP contribution < -0.4 is 11.0 Å². The SMILES string of the molecule is C/C=C/Cn1c(C(=NC(C)=N)N2CCNCC2)cn(C)c1=O. The van der Waals surface area contributed by atoms with Crippen molar-refractivity contribution in [3.63, 3.8) is 0 Å². The summed E-state index contributed by atoms with van der Waals surface area (Å²) in [5, 5.41) is 11.0. The van der Waals surface area contributed by atoms with E-state index in [1.807, 2.05) is 19.1 Å². The van der Waals surface area contributed by atoms with Gasteiger partial charge in [0.2, 0.25) is 0 Å². The van der Waals surface area contributed by atoms with Crippen molar-refractivity contribution in [1.82, 2.24) is 19.4 Å². The Hall–Kier alpha value is -2.15. The third-order valence-electron chi connectivity index (χ3n) is 3.58. The van der Waals surface area contributed by atoms with Crippen molar-refractivity contribution in [3.8, 4) is 0 Å². The van der Waals surface area contributed by atoms with Crippen molar-refractivity contribution >= 4 is 11.7 Å². The predicted octanol–water partition coefficient (Wildman–Crippen LogP) is 0.412. The van der Waals surface area contributed by atoms with Crippen LogP contribution in [0.5, 0.6) is 0 Å². The van der Waals surface area contributed by atoms with Crippen LogP contribution in [-0.4, -0.2) is 51.9 Å². The van der Waals surface area contributed by atoms with Gasteiger partial charge in [-0.2, -0.15) is 0 Å². The number of nitrogens with zero attached hydrogens (tertiary/aromatic N) is 4. The lowest BCUT2D eigenvalue weighted by molar-refractivity contribution is 0.357. The van der Waals surface area contributed by atoms with Crippen LogP contribution in [0.3, 0.4) is 0 Å². The number of aryl methyl sites for hydroxylation is 1. The zero-order valence-corrected chi connectivity index (χ0v) is 13.5. The molecule has 1 aromatic heterocycles. The average molecular weight is 304 g/mol. The highest BCUT2D eigenvalue weighted by atomic mass is 16.1. The van der Waals surface area contributed by atoms with Gasteiger partial charge in [-0.1, -0.05) is 12.2 Å². The molecule has 0 unspecified atom stereocenters. The van der Waals surface area contributed by atoms with Gasteiger partial charge < -0.3 is 14.8 Å². The molecule has 0 radical (unpaired) electrons. The molecule has 0 aromatic carbocycles. The third kappa shape index (κ3) is 3.54. The Balaban J connectivity index is 2.49. The first-order valence-electron chi connectivity index (χ1n) is 7.51. The van der Waals surface area contributed by atoms with Gasteiger partial charge in [0.15, 0.2) is 5.84 Å². The molecule has 1 fully saturated rings. The van der Waals surface area contributed by atoms with Gasteiger partial charge in [0.1, 0.15) is 11.5 Å². The molecule has 1 aliphatic heterocycles. The van der Waals surface area contributed by atoms with Gasteiger partial charge in [-0.15, -0.1) is 0 Å². The van der Waals surface area contributed by atoms with E-state index >= 15 is 0 Å². The molecule has 7 nitrogen and oxygen atoms in total. The minimum absolute atomic E-state index is 0.0708. The number of nitrogens with one attached hydrogen (secondary N) is 2. The van der Waals surface area contributed by atoms with E-state index in [0.717, 1.165) is 31.9 Å². The van der Waals surface area contributed by atoms with Crippen LogP contribution >= 0.6 is 0 Å². The molecule has 0 aliphatic carbocycles. The van der Waals surface area contributed by atoms with Gasteiger partial charge in [0.05, 0.1) is 0 Å². The van der Waals surface area contributed by atoms with E-state index in [-0.39, 0.29) is 11.5 Å². The van der Waals surface area contributed by atoms with Crippen LogP contribution in [0.15, 0.2) is 28.1 Å². The molecule has 0 spiro atoms. The Morgan fingerprint density at radius 2 is 2.14 bits per heavy atom. The molecule has 0 saturated carbocycles. The second kappa shape index (κ2) is 7.22. The molecule has 1 aliphatic rings. The Labute approximate surface area is 130 Å². The minimum Gasteiger partial charge on any atom is -0.352 e. The summed E-state index contributed by atoms with van der Waals surface area (Å²) in [6, 6.07) is 0. The van der Waals surface area contributed by atoms with Crippen LogP contribution in [0.2, 0.25) is 0 Å². The standard InChI is InChI=1S/C15H24N6O/c1-4-5-8-21-13(11-19(3)15(21)22)14(18-12(2)16)20-9-6-17-7-10-20/h4-5,11,16-17H,6-10H2,1-3H3/b5-4+,16-12?,18-14?. The second-order valence-electron chi connectivity index (χ2n) is 5.35. The van der Waals surface area contributed by atoms with Crippen molar-refractivity contribution < 1.29 is 0 Å². The summed E-state index contributed by atoms with van der Waals surface area (Å²) < 4.78 is 3.26. The molecule has 2 N–H and O–H groups in total. The third-order valence-corrected chi connectivity index (χ3v) is 3.58. The highest BCUT2D eigenvalue weighted by Crippen LogP contribution is 2.08. The quantitative estimate of drug-likeness (QED) is 0.482. The second-order valence-corrected chi connectivity index (χ2v) is 5.35. The van der Waals surface area contributed by atoms with Gasteiger partial charge in [0.25, 0.3) is 0 Å². The summed E-state index contributed by atoms with van der Waals surface area (Å²) in [4.78, 5) is 18.9. The lowest BCUT2D eigenvalue weighted by Crippen LogP contribution is -2.47. The van der Waals surface area contributed by atoms with Crippen LogP contribution in [0.25, 0.3) is 0 Å². The fraction of sp³-hybridized carbons (Fsp3) is 0.533. The first kappa shape index (κ1) is 16.2. The number of aromatic nitrogens is 2. The average Bonchev–Trinajstić information content (AvgIpc) is 2.79. The molecule has 1 saturated heterocycles. The highest BCUT2D eigenvalue weighted by molar-refractivity contribution is 6.04.